The van der Waals surface area contributed by atoms with E-state index in [1.165, 1.54) is 0 Å². The van der Waals surface area contributed by atoms with Crippen LogP contribution in [0, 0.1) is 13.8 Å². The molecule has 1 aromatic heterocycles. The van der Waals surface area contributed by atoms with Gasteiger partial charge < -0.3 is 23.9 Å². The first-order chi connectivity index (χ1) is 14.4. The predicted octanol–water partition coefficient (Wildman–Crippen LogP) is 3.29. The van der Waals surface area contributed by atoms with Gasteiger partial charge in [-0.05, 0) is 54.8 Å². The normalized spacial score (nSPS) is 10.7. The third-order valence-corrected chi connectivity index (χ3v) is 4.98. The fraction of sp³-hybridized carbons (Fsp3) is 0.304. The van der Waals surface area contributed by atoms with E-state index in [4.69, 9.17) is 18.6 Å². The average Bonchev–Trinajstić information content (AvgIpc) is 2.73. The standard InChI is InChI=1S/C23H25NO6/c1-13-8-19(29-5)22-14(2)16(23(26)30-20(22)9-13)11-21(25)24-12-15-6-7-17(27-3)18(10-15)28-4/h6-10H,11-12H2,1-5H3,(H,24,25). The summed E-state index contributed by atoms with van der Waals surface area (Å²) in [5.74, 6) is 1.52. The van der Waals surface area contributed by atoms with Crippen molar-refractivity contribution in [1.29, 1.82) is 0 Å². The van der Waals surface area contributed by atoms with Crippen LogP contribution in [0.5, 0.6) is 17.2 Å². The van der Waals surface area contributed by atoms with Crippen molar-refractivity contribution in [3.63, 3.8) is 0 Å². The number of amides is 1. The van der Waals surface area contributed by atoms with Crippen molar-refractivity contribution in [3.05, 3.63) is 63.0 Å². The molecule has 1 amide bonds. The summed E-state index contributed by atoms with van der Waals surface area (Å²) in [7, 11) is 4.68. The van der Waals surface area contributed by atoms with Gasteiger partial charge in [-0.15, -0.1) is 0 Å². The van der Waals surface area contributed by atoms with Gasteiger partial charge in [-0.3, -0.25) is 4.79 Å². The van der Waals surface area contributed by atoms with Crippen LogP contribution in [0.15, 0.2) is 39.5 Å². The lowest BCUT2D eigenvalue weighted by Gasteiger charge is -2.13. The van der Waals surface area contributed by atoms with Gasteiger partial charge in [0.2, 0.25) is 5.91 Å². The van der Waals surface area contributed by atoms with Crippen molar-refractivity contribution in [1.82, 2.24) is 5.32 Å². The molecule has 0 spiro atoms. The summed E-state index contributed by atoms with van der Waals surface area (Å²) in [4.78, 5) is 25.0. The number of hydrogen-bond donors (Lipinski definition) is 1. The Morgan fingerprint density at radius 3 is 2.33 bits per heavy atom. The molecule has 2 aromatic carbocycles. The minimum atomic E-state index is -0.520. The zero-order valence-corrected chi connectivity index (χ0v) is 17.8. The number of rotatable bonds is 7. The summed E-state index contributed by atoms with van der Waals surface area (Å²) in [6, 6.07) is 9.06. The average molecular weight is 411 g/mol. The van der Waals surface area contributed by atoms with E-state index in [1.807, 2.05) is 19.1 Å². The Morgan fingerprint density at radius 1 is 0.967 bits per heavy atom. The molecular weight excluding hydrogens is 386 g/mol. The summed E-state index contributed by atoms with van der Waals surface area (Å²) in [6.45, 7) is 3.99. The Balaban J connectivity index is 1.82. The number of nitrogens with one attached hydrogen (secondary N) is 1. The first kappa shape index (κ1) is 21.2. The third kappa shape index (κ3) is 4.25. The van der Waals surface area contributed by atoms with Gasteiger partial charge in [0.25, 0.3) is 0 Å². The van der Waals surface area contributed by atoms with Gasteiger partial charge in [0, 0.05) is 6.54 Å². The summed E-state index contributed by atoms with van der Waals surface area (Å²) < 4.78 is 21.4. The highest BCUT2D eigenvalue weighted by atomic mass is 16.5. The predicted molar refractivity (Wildman–Crippen MR) is 114 cm³/mol. The van der Waals surface area contributed by atoms with Gasteiger partial charge in [0.15, 0.2) is 11.5 Å². The number of methoxy groups -OCH3 is 3. The summed E-state index contributed by atoms with van der Waals surface area (Å²) in [6.07, 6.45) is -0.0889. The highest BCUT2D eigenvalue weighted by Gasteiger charge is 2.18. The molecule has 0 aliphatic rings. The Kier molecular flexibility index (Phi) is 6.30. The van der Waals surface area contributed by atoms with E-state index in [-0.39, 0.29) is 12.3 Å². The number of ether oxygens (including phenoxy) is 3. The van der Waals surface area contributed by atoms with Crippen LogP contribution in [0.4, 0.5) is 0 Å². The molecule has 30 heavy (non-hydrogen) atoms. The number of fused-ring (bicyclic) bond motifs is 1. The minimum Gasteiger partial charge on any atom is -0.496 e. The van der Waals surface area contributed by atoms with Crippen LogP contribution in [0.2, 0.25) is 0 Å². The molecule has 0 bridgehead atoms. The molecule has 0 aliphatic carbocycles. The van der Waals surface area contributed by atoms with Crippen LogP contribution in [-0.2, 0) is 17.8 Å². The zero-order chi connectivity index (χ0) is 21.8. The van der Waals surface area contributed by atoms with Crippen molar-refractivity contribution < 1.29 is 23.4 Å². The van der Waals surface area contributed by atoms with E-state index >= 15 is 0 Å². The Bertz CT molecular complexity index is 1150. The van der Waals surface area contributed by atoms with Crippen molar-refractivity contribution in [3.8, 4) is 17.2 Å². The molecule has 158 valence electrons. The number of carbonyl (C=O) groups excluding carboxylic acids is 1. The molecule has 0 atom stereocenters. The van der Waals surface area contributed by atoms with Gasteiger partial charge in [0.05, 0.1) is 38.7 Å². The maximum atomic E-state index is 12.5. The molecule has 0 radical (unpaired) electrons. The molecular formula is C23H25NO6. The van der Waals surface area contributed by atoms with Crippen molar-refractivity contribution in [2.45, 2.75) is 26.8 Å². The van der Waals surface area contributed by atoms with E-state index in [0.29, 0.717) is 45.9 Å². The topological polar surface area (TPSA) is 87.0 Å². The lowest BCUT2D eigenvalue weighted by molar-refractivity contribution is -0.120. The smallest absolute Gasteiger partial charge is 0.340 e. The molecule has 3 aromatic rings. The van der Waals surface area contributed by atoms with Crippen LogP contribution < -0.4 is 25.2 Å². The van der Waals surface area contributed by atoms with E-state index in [1.54, 1.807) is 46.5 Å². The SMILES string of the molecule is COc1ccc(CNC(=O)Cc2c(C)c3c(OC)cc(C)cc3oc2=O)cc1OC. The van der Waals surface area contributed by atoms with E-state index < -0.39 is 5.63 Å². The molecule has 0 fully saturated rings. The van der Waals surface area contributed by atoms with Gasteiger partial charge >= 0.3 is 5.63 Å². The van der Waals surface area contributed by atoms with Crippen LogP contribution in [-0.4, -0.2) is 27.2 Å². The third-order valence-electron chi connectivity index (χ3n) is 4.98. The first-order valence-electron chi connectivity index (χ1n) is 9.46. The lowest BCUT2D eigenvalue weighted by Crippen LogP contribution is -2.27. The monoisotopic (exact) mass is 411 g/mol. The lowest BCUT2D eigenvalue weighted by atomic mass is 10.0. The fourth-order valence-corrected chi connectivity index (χ4v) is 3.42. The molecule has 0 saturated carbocycles. The van der Waals surface area contributed by atoms with Gasteiger partial charge in [-0.1, -0.05) is 6.07 Å². The van der Waals surface area contributed by atoms with Gasteiger partial charge in [-0.2, -0.15) is 0 Å². The molecule has 3 rings (SSSR count). The quantitative estimate of drug-likeness (QED) is 0.601. The van der Waals surface area contributed by atoms with Crippen LogP contribution >= 0.6 is 0 Å². The van der Waals surface area contributed by atoms with E-state index in [0.717, 1.165) is 11.1 Å². The number of hydrogen-bond acceptors (Lipinski definition) is 6. The van der Waals surface area contributed by atoms with Crippen LogP contribution in [0.25, 0.3) is 11.0 Å². The molecule has 0 aliphatic heterocycles. The van der Waals surface area contributed by atoms with Crippen LogP contribution in [0.1, 0.15) is 22.3 Å². The van der Waals surface area contributed by atoms with Crippen molar-refractivity contribution in [2.24, 2.45) is 0 Å². The fourth-order valence-electron chi connectivity index (χ4n) is 3.42. The molecule has 0 unspecified atom stereocenters. The molecule has 1 heterocycles. The summed E-state index contributed by atoms with van der Waals surface area (Å²) in [5, 5.41) is 3.53. The van der Waals surface area contributed by atoms with Crippen LogP contribution in [0.3, 0.4) is 0 Å². The molecule has 7 nitrogen and oxygen atoms in total. The Hall–Kier alpha value is -3.48. The molecule has 0 saturated heterocycles. The first-order valence-corrected chi connectivity index (χ1v) is 9.46. The Morgan fingerprint density at radius 2 is 1.67 bits per heavy atom. The number of carbonyl (C=O) groups is 1. The minimum absolute atomic E-state index is 0.0889. The highest BCUT2D eigenvalue weighted by Crippen LogP contribution is 2.31. The van der Waals surface area contributed by atoms with Crippen molar-refractivity contribution in [2.75, 3.05) is 21.3 Å². The maximum absolute atomic E-state index is 12.5. The van der Waals surface area contributed by atoms with Gasteiger partial charge in [-0.25, -0.2) is 4.79 Å². The number of aryl methyl sites for hydroxylation is 2. The highest BCUT2D eigenvalue weighted by molar-refractivity contribution is 5.89. The second-order valence-corrected chi connectivity index (χ2v) is 6.98. The molecule has 7 heteroatoms. The Labute approximate surface area is 174 Å². The summed E-state index contributed by atoms with van der Waals surface area (Å²) >= 11 is 0. The number of benzene rings is 2. The maximum Gasteiger partial charge on any atom is 0.340 e. The summed E-state index contributed by atoms with van der Waals surface area (Å²) in [5.41, 5.74) is 2.69. The van der Waals surface area contributed by atoms with Crippen molar-refractivity contribution >= 4 is 16.9 Å². The van der Waals surface area contributed by atoms with E-state index in [2.05, 4.69) is 5.32 Å². The largest absolute Gasteiger partial charge is 0.496 e. The van der Waals surface area contributed by atoms with E-state index in [9.17, 15) is 9.59 Å². The zero-order valence-electron chi connectivity index (χ0n) is 17.8. The second kappa shape index (κ2) is 8.90. The van der Waals surface area contributed by atoms with Gasteiger partial charge in [0.1, 0.15) is 11.3 Å². The second-order valence-electron chi connectivity index (χ2n) is 6.98. The molecule has 1 N–H and O–H groups in total.